The predicted octanol–water partition coefficient (Wildman–Crippen LogP) is 1.58. The van der Waals surface area contributed by atoms with Gasteiger partial charge in [-0.05, 0) is 31.9 Å². The van der Waals surface area contributed by atoms with Crippen molar-refractivity contribution in [3.63, 3.8) is 0 Å². The van der Waals surface area contributed by atoms with E-state index in [4.69, 9.17) is 0 Å². The van der Waals surface area contributed by atoms with Gasteiger partial charge in [-0.25, -0.2) is 4.98 Å². The zero-order chi connectivity index (χ0) is 13.2. The predicted molar refractivity (Wildman–Crippen MR) is 77.6 cm³/mol. The highest BCUT2D eigenvalue weighted by molar-refractivity contribution is 5.41. The molecule has 2 saturated heterocycles. The quantitative estimate of drug-likeness (QED) is 0.895. The molecule has 104 valence electrons. The van der Waals surface area contributed by atoms with Crippen LogP contribution in [0.4, 0.5) is 11.8 Å². The zero-order valence-electron chi connectivity index (χ0n) is 11.8. The summed E-state index contributed by atoms with van der Waals surface area (Å²) >= 11 is 0. The van der Waals surface area contributed by atoms with Crippen molar-refractivity contribution in [1.29, 1.82) is 0 Å². The minimum Gasteiger partial charge on any atom is -0.366 e. The van der Waals surface area contributed by atoms with Crippen molar-refractivity contribution in [3.8, 4) is 0 Å². The highest BCUT2D eigenvalue weighted by Crippen LogP contribution is 2.29. The van der Waals surface area contributed by atoms with E-state index in [1.807, 2.05) is 31.3 Å². The summed E-state index contributed by atoms with van der Waals surface area (Å²) in [7, 11) is 3.94. The second-order valence-corrected chi connectivity index (χ2v) is 5.77. The van der Waals surface area contributed by atoms with Gasteiger partial charge in [-0.3, -0.25) is 4.90 Å². The van der Waals surface area contributed by atoms with E-state index in [0.29, 0.717) is 12.1 Å². The molecule has 3 heterocycles. The molecule has 1 N–H and O–H groups in total. The number of anilines is 2. The second-order valence-electron chi connectivity index (χ2n) is 5.77. The van der Waals surface area contributed by atoms with Crippen LogP contribution < -0.4 is 10.2 Å². The molecule has 0 radical (unpaired) electrons. The normalized spacial score (nSPS) is 27.1. The Kier molecular flexibility index (Phi) is 3.55. The van der Waals surface area contributed by atoms with Gasteiger partial charge in [0, 0.05) is 38.9 Å². The molecule has 2 atom stereocenters. The lowest BCUT2D eigenvalue weighted by Crippen LogP contribution is -2.41. The Morgan fingerprint density at radius 2 is 2.16 bits per heavy atom. The molecular weight excluding hydrogens is 238 g/mol. The molecule has 3 rings (SSSR count). The summed E-state index contributed by atoms with van der Waals surface area (Å²) in [4.78, 5) is 13.4. The van der Waals surface area contributed by atoms with Gasteiger partial charge < -0.3 is 10.2 Å². The Balaban J connectivity index is 1.69. The van der Waals surface area contributed by atoms with Gasteiger partial charge in [0.1, 0.15) is 5.82 Å². The number of rotatable bonds is 3. The number of hydrogen-bond acceptors (Lipinski definition) is 5. The topological polar surface area (TPSA) is 44.3 Å². The van der Waals surface area contributed by atoms with Crippen molar-refractivity contribution in [3.05, 3.63) is 12.3 Å². The van der Waals surface area contributed by atoms with Crippen LogP contribution in [0.3, 0.4) is 0 Å². The molecule has 5 heteroatoms. The lowest BCUT2D eigenvalue weighted by atomic mass is 9.99. The van der Waals surface area contributed by atoms with Crippen molar-refractivity contribution >= 4 is 11.8 Å². The number of fused-ring (bicyclic) bond motifs is 1. The van der Waals surface area contributed by atoms with E-state index in [0.717, 1.165) is 11.8 Å². The summed E-state index contributed by atoms with van der Waals surface area (Å²) in [5, 5.41) is 3.62. The average Bonchev–Trinajstić information content (AvgIpc) is 2.83. The Labute approximate surface area is 115 Å². The maximum Gasteiger partial charge on any atom is 0.226 e. The molecule has 1 aromatic heterocycles. The number of aromatic nitrogens is 2. The maximum atomic E-state index is 4.56. The number of hydrogen-bond donors (Lipinski definition) is 1. The van der Waals surface area contributed by atoms with Crippen LogP contribution in [0.25, 0.3) is 0 Å². The van der Waals surface area contributed by atoms with Crippen molar-refractivity contribution < 1.29 is 0 Å². The fourth-order valence-electron chi connectivity index (χ4n) is 3.25. The molecule has 2 aliphatic rings. The van der Waals surface area contributed by atoms with Crippen LogP contribution in [0.5, 0.6) is 0 Å². The molecule has 5 nitrogen and oxygen atoms in total. The molecule has 0 aromatic carbocycles. The number of nitrogens with zero attached hydrogens (tertiary/aromatic N) is 4. The highest BCUT2D eigenvalue weighted by Gasteiger charge is 2.35. The van der Waals surface area contributed by atoms with Crippen LogP contribution in [0.1, 0.15) is 25.7 Å². The minimum absolute atomic E-state index is 0.546. The van der Waals surface area contributed by atoms with Crippen LogP contribution >= 0.6 is 0 Å². The smallest absolute Gasteiger partial charge is 0.226 e. The average molecular weight is 261 g/mol. The first kappa shape index (κ1) is 12.7. The monoisotopic (exact) mass is 261 g/mol. The number of piperidine rings is 1. The molecule has 2 unspecified atom stereocenters. The van der Waals surface area contributed by atoms with Crippen LogP contribution in [0.15, 0.2) is 12.3 Å². The van der Waals surface area contributed by atoms with E-state index in [2.05, 4.69) is 20.2 Å². The molecule has 2 fully saturated rings. The fraction of sp³-hybridized carbons (Fsp3) is 0.714. The van der Waals surface area contributed by atoms with Crippen molar-refractivity contribution in [2.45, 2.75) is 37.8 Å². The molecule has 1 aromatic rings. The van der Waals surface area contributed by atoms with Crippen molar-refractivity contribution in [2.75, 3.05) is 37.4 Å². The SMILES string of the molecule is CN(C)c1nccc(NC2CCN3CCCCC23)n1. The summed E-state index contributed by atoms with van der Waals surface area (Å²) in [6.07, 6.45) is 7.11. The maximum absolute atomic E-state index is 4.56. The highest BCUT2D eigenvalue weighted by atomic mass is 15.3. The lowest BCUT2D eigenvalue weighted by molar-refractivity contribution is 0.192. The van der Waals surface area contributed by atoms with Gasteiger partial charge in [-0.15, -0.1) is 0 Å². The third kappa shape index (κ3) is 2.66. The summed E-state index contributed by atoms with van der Waals surface area (Å²) in [6, 6.07) is 3.22. The molecule has 19 heavy (non-hydrogen) atoms. The van der Waals surface area contributed by atoms with Gasteiger partial charge in [-0.1, -0.05) is 6.42 Å². The van der Waals surface area contributed by atoms with E-state index in [9.17, 15) is 0 Å². The third-order valence-corrected chi connectivity index (χ3v) is 4.23. The van der Waals surface area contributed by atoms with E-state index in [1.54, 1.807) is 0 Å². The van der Waals surface area contributed by atoms with Crippen LogP contribution in [0, 0.1) is 0 Å². The Bertz CT molecular complexity index is 434. The molecule has 2 aliphatic heterocycles. The van der Waals surface area contributed by atoms with E-state index >= 15 is 0 Å². The molecular formula is C14H23N5. The molecule has 0 saturated carbocycles. The van der Waals surface area contributed by atoms with E-state index in [1.165, 1.54) is 38.8 Å². The number of nitrogens with one attached hydrogen (secondary N) is 1. The summed E-state index contributed by atoms with van der Waals surface area (Å²) in [5.41, 5.74) is 0. The van der Waals surface area contributed by atoms with E-state index in [-0.39, 0.29) is 0 Å². The van der Waals surface area contributed by atoms with Gasteiger partial charge in [-0.2, -0.15) is 4.98 Å². The van der Waals surface area contributed by atoms with Gasteiger partial charge in [0.2, 0.25) is 5.95 Å². The van der Waals surface area contributed by atoms with Crippen LogP contribution in [0.2, 0.25) is 0 Å². The van der Waals surface area contributed by atoms with Crippen LogP contribution in [-0.4, -0.2) is 54.1 Å². The largest absolute Gasteiger partial charge is 0.366 e. The molecule has 0 amide bonds. The third-order valence-electron chi connectivity index (χ3n) is 4.23. The molecule has 0 bridgehead atoms. The first-order chi connectivity index (χ1) is 9.24. The van der Waals surface area contributed by atoms with Gasteiger partial charge in [0.25, 0.3) is 0 Å². The van der Waals surface area contributed by atoms with Crippen molar-refractivity contribution in [2.24, 2.45) is 0 Å². The first-order valence-corrected chi connectivity index (χ1v) is 7.25. The summed E-state index contributed by atoms with van der Waals surface area (Å²) < 4.78 is 0. The van der Waals surface area contributed by atoms with Gasteiger partial charge >= 0.3 is 0 Å². The van der Waals surface area contributed by atoms with Crippen molar-refractivity contribution in [1.82, 2.24) is 14.9 Å². The zero-order valence-corrected chi connectivity index (χ0v) is 11.8. The Morgan fingerprint density at radius 3 is 3.00 bits per heavy atom. The lowest BCUT2D eigenvalue weighted by Gasteiger charge is -2.32. The first-order valence-electron chi connectivity index (χ1n) is 7.25. The standard InChI is InChI=1S/C14H23N5/c1-18(2)14-15-8-6-13(17-14)16-11-7-10-19-9-4-3-5-12(11)19/h6,8,11-12H,3-5,7,9-10H2,1-2H3,(H,15,16,17). The van der Waals surface area contributed by atoms with Crippen LogP contribution in [-0.2, 0) is 0 Å². The summed E-state index contributed by atoms with van der Waals surface area (Å²) in [6.45, 7) is 2.50. The second kappa shape index (κ2) is 5.33. The van der Waals surface area contributed by atoms with Gasteiger partial charge in [0.15, 0.2) is 0 Å². The Hall–Kier alpha value is -1.36. The minimum atomic E-state index is 0.546. The summed E-state index contributed by atoms with van der Waals surface area (Å²) in [5.74, 6) is 1.72. The molecule has 0 spiro atoms. The fourth-order valence-corrected chi connectivity index (χ4v) is 3.25. The van der Waals surface area contributed by atoms with Gasteiger partial charge in [0.05, 0.1) is 0 Å². The van der Waals surface area contributed by atoms with E-state index < -0.39 is 0 Å². The Morgan fingerprint density at radius 1 is 1.26 bits per heavy atom. The molecule has 0 aliphatic carbocycles.